The Kier molecular flexibility index (Phi) is 11.7. The van der Waals surface area contributed by atoms with Gasteiger partial charge in [0.2, 0.25) is 0 Å². The minimum atomic E-state index is -1.14. The Hall–Kier alpha value is -3.10. The molecular formula is C23H35N5O8. The summed E-state index contributed by atoms with van der Waals surface area (Å²) in [5.41, 5.74) is 10.1. The summed E-state index contributed by atoms with van der Waals surface area (Å²) in [5.74, 6) is -4.85. The van der Waals surface area contributed by atoms with Crippen LogP contribution in [0.25, 0.3) is 0 Å². The number of nitrogens with two attached hydrogens (primary N) is 1. The minimum Gasteiger partial charge on any atom is -0.481 e. The van der Waals surface area contributed by atoms with Crippen LogP contribution in [-0.2, 0) is 19.2 Å². The quantitative estimate of drug-likeness (QED) is 0.259. The van der Waals surface area contributed by atoms with Crippen molar-refractivity contribution in [2.45, 2.75) is 44.7 Å². The van der Waals surface area contributed by atoms with Crippen molar-refractivity contribution in [3.63, 3.8) is 0 Å². The number of nitrogens with zero attached hydrogens (tertiary/aromatic N) is 3. The molecule has 1 unspecified atom stereocenters. The van der Waals surface area contributed by atoms with Gasteiger partial charge in [-0.1, -0.05) is 30.3 Å². The predicted molar refractivity (Wildman–Crippen MR) is 127 cm³/mol. The third-order valence-electron chi connectivity index (χ3n) is 6.11. The molecule has 1 fully saturated rings. The first-order chi connectivity index (χ1) is 17.0. The van der Waals surface area contributed by atoms with E-state index in [1.807, 2.05) is 0 Å². The van der Waals surface area contributed by atoms with E-state index in [1.165, 1.54) is 15.1 Å². The van der Waals surface area contributed by atoms with Crippen LogP contribution in [0.2, 0.25) is 0 Å². The number of carbonyl (C=O) groups is 4. The predicted octanol–water partition coefficient (Wildman–Crippen LogP) is 0.810. The maximum atomic E-state index is 11.7. The van der Waals surface area contributed by atoms with Crippen LogP contribution < -0.4 is 11.3 Å². The molecule has 0 spiro atoms. The first-order valence-corrected chi connectivity index (χ1v) is 11.8. The number of rotatable bonds is 10. The molecule has 1 aromatic carbocycles. The number of hydrazine groups is 3. The van der Waals surface area contributed by atoms with Gasteiger partial charge in [0.15, 0.2) is 0 Å². The Morgan fingerprint density at radius 2 is 1.33 bits per heavy atom. The molecule has 0 aliphatic carbocycles. The van der Waals surface area contributed by atoms with Gasteiger partial charge in [0.25, 0.3) is 0 Å². The van der Waals surface area contributed by atoms with Gasteiger partial charge in [-0.05, 0) is 43.1 Å². The number of carboxylic acid groups (broad SMARTS) is 4. The Balaban J connectivity index is 2.44. The van der Waals surface area contributed by atoms with Crippen molar-refractivity contribution >= 4 is 23.9 Å². The highest BCUT2D eigenvalue weighted by Crippen LogP contribution is 2.26. The molecule has 13 heteroatoms. The van der Waals surface area contributed by atoms with Crippen LogP contribution in [0.15, 0.2) is 30.3 Å². The lowest BCUT2D eigenvalue weighted by Gasteiger charge is -2.42. The van der Waals surface area contributed by atoms with Gasteiger partial charge in [-0.2, -0.15) is 5.53 Å². The number of hydrogen-bond donors (Lipinski definition) is 6. The van der Waals surface area contributed by atoms with E-state index in [-0.39, 0.29) is 37.8 Å². The molecule has 1 aromatic rings. The van der Waals surface area contributed by atoms with Crippen molar-refractivity contribution in [3.05, 3.63) is 35.9 Å². The van der Waals surface area contributed by atoms with Gasteiger partial charge >= 0.3 is 23.9 Å². The SMILES string of the molecule is N[C@@H](c1ccccc1)N1NN(CC(=O)O)CC[C@@H](CC(=O)O)CCC(CC(=O)O)CCN1CC(=O)O. The summed E-state index contributed by atoms with van der Waals surface area (Å²) in [4.78, 5) is 46.1. The third kappa shape index (κ3) is 10.3. The summed E-state index contributed by atoms with van der Waals surface area (Å²) in [6.07, 6.45) is 0.387. The van der Waals surface area contributed by atoms with Gasteiger partial charge in [-0.3, -0.25) is 19.2 Å². The Labute approximate surface area is 209 Å². The Bertz CT molecular complexity index is 887. The van der Waals surface area contributed by atoms with Gasteiger partial charge < -0.3 is 26.2 Å². The molecule has 1 aliphatic heterocycles. The van der Waals surface area contributed by atoms with E-state index in [0.29, 0.717) is 31.2 Å². The Morgan fingerprint density at radius 3 is 1.83 bits per heavy atom. The first-order valence-electron chi connectivity index (χ1n) is 11.8. The topological polar surface area (TPSA) is 197 Å². The maximum Gasteiger partial charge on any atom is 0.319 e. The molecule has 0 bridgehead atoms. The number of benzene rings is 1. The van der Waals surface area contributed by atoms with E-state index in [4.69, 9.17) is 5.73 Å². The molecule has 13 nitrogen and oxygen atoms in total. The summed E-state index contributed by atoms with van der Waals surface area (Å²) >= 11 is 0. The third-order valence-corrected chi connectivity index (χ3v) is 6.11. The van der Waals surface area contributed by atoms with E-state index in [0.717, 1.165) is 0 Å². The summed E-state index contributed by atoms with van der Waals surface area (Å²) in [6.45, 7) is -0.634. The average Bonchev–Trinajstić information content (AvgIpc) is 2.79. The lowest BCUT2D eigenvalue weighted by molar-refractivity contribution is -0.180. The van der Waals surface area contributed by atoms with Gasteiger partial charge in [-0.25, -0.2) is 10.0 Å². The zero-order valence-electron chi connectivity index (χ0n) is 20.0. The lowest BCUT2D eigenvalue weighted by atomic mass is 9.88. The summed E-state index contributed by atoms with van der Waals surface area (Å²) in [7, 11) is 0. The summed E-state index contributed by atoms with van der Waals surface area (Å²) in [6, 6.07) is 8.83. The van der Waals surface area contributed by atoms with E-state index < -0.39 is 43.1 Å². The Morgan fingerprint density at radius 1 is 0.806 bits per heavy atom. The van der Waals surface area contributed by atoms with Crippen molar-refractivity contribution in [1.82, 2.24) is 20.7 Å². The van der Waals surface area contributed by atoms with Gasteiger partial charge in [0, 0.05) is 25.9 Å². The number of nitrogens with one attached hydrogen (secondary N) is 1. The summed E-state index contributed by atoms with van der Waals surface area (Å²) in [5, 5.41) is 41.9. The van der Waals surface area contributed by atoms with Gasteiger partial charge in [0.1, 0.15) is 19.3 Å². The van der Waals surface area contributed by atoms with Crippen LogP contribution in [0.4, 0.5) is 0 Å². The lowest BCUT2D eigenvalue weighted by Crippen LogP contribution is -2.62. The van der Waals surface area contributed by atoms with Crippen LogP contribution in [0.3, 0.4) is 0 Å². The van der Waals surface area contributed by atoms with Gasteiger partial charge in [0.05, 0.1) is 0 Å². The molecule has 3 atom stereocenters. The van der Waals surface area contributed by atoms with Crippen molar-refractivity contribution in [1.29, 1.82) is 0 Å². The zero-order chi connectivity index (χ0) is 26.7. The number of aliphatic carboxylic acids is 4. The van der Waals surface area contributed by atoms with E-state index in [1.54, 1.807) is 30.3 Å². The molecule has 0 radical (unpaired) electrons. The zero-order valence-corrected chi connectivity index (χ0v) is 20.0. The van der Waals surface area contributed by atoms with E-state index >= 15 is 0 Å². The van der Waals surface area contributed by atoms with Crippen LogP contribution in [0.1, 0.15) is 50.3 Å². The minimum absolute atomic E-state index is 0.126. The van der Waals surface area contributed by atoms with Crippen LogP contribution in [0.5, 0.6) is 0 Å². The summed E-state index contributed by atoms with van der Waals surface area (Å²) < 4.78 is 0. The fourth-order valence-electron chi connectivity index (χ4n) is 4.32. The standard InChI is InChI=1S/C23H35N5O8/c24-23(18-4-2-1-3-5-18)28-25-26(14-21(33)34)10-8-16(12-19(29)30)6-7-17(13-20(31)32)9-11-27(28)15-22(35)36/h1-5,16-17,23,25H,6-15,24H2,(H,29,30)(H,31,32)(H,33,34)(H,35,36)/t16-,17?,23+/m0/s1. The van der Waals surface area contributed by atoms with E-state index in [2.05, 4.69) is 5.53 Å². The molecule has 7 N–H and O–H groups in total. The van der Waals surface area contributed by atoms with Crippen molar-refractivity contribution in [2.75, 3.05) is 26.2 Å². The fourth-order valence-corrected chi connectivity index (χ4v) is 4.32. The van der Waals surface area contributed by atoms with Crippen molar-refractivity contribution < 1.29 is 39.6 Å². The molecule has 1 aliphatic rings. The molecule has 36 heavy (non-hydrogen) atoms. The normalized spacial score (nSPS) is 22.1. The molecule has 1 saturated heterocycles. The maximum absolute atomic E-state index is 11.7. The monoisotopic (exact) mass is 509 g/mol. The molecule has 2 rings (SSSR count). The molecule has 0 aromatic heterocycles. The van der Waals surface area contributed by atoms with Crippen LogP contribution in [0, 0.1) is 11.8 Å². The highest BCUT2D eigenvalue weighted by Gasteiger charge is 2.30. The van der Waals surface area contributed by atoms with Crippen molar-refractivity contribution in [3.8, 4) is 0 Å². The average molecular weight is 510 g/mol. The molecule has 1 heterocycles. The molecule has 200 valence electrons. The smallest absolute Gasteiger partial charge is 0.319 e. The van der Waals surface area contributed by atoms with Gasteiger partial charge in [-0.15, -0.1) is 5.12 Å². The number of hydrogen-bond acceptors (Lipinski definition) is 9. The number of carboxylic acids is 4. The largest absolute Gasteiger partial charge is 0.481 e. The van der Waals surface area contributed by atoms with Crippen LogP contribution in [-0.4, -0.2) is 85.6 Å². The van der Waals surface area contributed by atoms with Crippen LogP contribution >= 0.6 is 0 Å². The fraction of sp³-hybridized carbons (Fsp3) is 0.565. The van der Waals surface area contributed by atoms with Crippen molar-refractivity contribution in [2.24, 2.45) is 17.6 Å². The highest BCUT2D eigenvalue weighted by atomic mass is 16.4. The second-order valence-electron chi connectivity index (χ2n) is 8.98. The van der Waals surface area contributed by atoms with E-state index in [9.17, 15) is 39.6 Å². The second kappa shape index (κ2) is 14.5. The molecule has 0 amide bonds. The highest BCUT2D eigenvalue weighted by molar-refractivity contribution is 5.69. The molecule has 0 saturated carbocycles. The second-order valence-corrected chi connectivity index (χ2v) is 8.98. The first kappa shape index (κ1) is 29.1. The molecular weight excluding hydrogens is 474 g/mol.